The van der Waals surface area contributed by atoms with E-state index in [1.54, 1.807) is 20.8 Å². The minimum Gasteiger partial charge on any atom is -0.458 e. The minimum atomic E-state index is -1.73. The van der Waals surface area contributed by atoms with Crippen LogP contribution in [0.15, 0.2) is 48.5 Å². The topological polar surface area (TPSA) is 81.7 Å². The normalized spacial score (nSPS) is 13.7. The average molecular weight is 413 g/mol. The SMILES string of the molecule is CC(C)(C)OC(=O)[C@H](CC(=O)F)NC(=O)OCC1c2ccccc2-c2ccccc21. The van der Waals surface area contributed by atoms with Crippen LogP contribution in [0.5, 0.6) is 0 Å². The number of fused-ring (bicyclic) bond motifs is 3. The van der Waals surface area contributed by atoms with Crippen LogP contribution in [-0.2, 0) is 19.1 Å². The molecule has 6 nitrogen and oxygen atoms in total. The molecule has 2 aromatic carbocycles. The van der Waals surface area contributed by atoms with Crippen LogP contribution in [0.3, 0.4) is 0 Å². The van der Waals surface area contributed by atoms with E-state index < -0.39 is 36.2 Å². The third-order valence-electron chi connectivity index (χ3n) is 4.69. The lowest BCUT2D eigenvalue weighted by Crippen LogP contribution is -2.45. The van der Waals surface area contributed by atoms with E-state index in [0.29, 0.717) is 0 Å². The van der Waals surface area contributed by atoms with Gasteiger partial charge >= 0.3 is 18.1 Å². The Labute approximate surface area is 174 Å². The van der Waals surface area contributed by atoms with Gasteiger partial charge in [-0.2, -0.15) is 4.39 Å². The lowest BCUT2D eigenvalue weighted by Gasteiger charge is -2.24. The molecular weight excluding hydrogens is 389 g/mol. The number of hydrogen-bond acceptors (Lipinski definition) is 5. The van der Waals surface area contributed by atoms with E-state index in [1.165, 1.54) is 0 Å². The number of ether oxygens (including phenoxy) is 2. The van der Waals surface area contributed by atoms with Crippen molar-refractivity contribution in [1.82, 2.24) is 5.32 Å². The average Bonchev–Trinajstić information content (AvgIpc) is 2.98. The zero-order valence-electron chi connectivity index (χ0n) is 17.1. The quantitative estimate of drug-likeness (QED) is 0.569. The predicted octanol–water partition coefficient (Wildman–Crippen LogP) is 4.12. The van der Waals surface area contributed by atoms with Gasteiger partial charge in [-0.15, -0.1) is 0 Å². The highest BCUT2D eigenvalue weighted by Gasteiger charge is 2.31. The fourth-order valence-electron chi connectivity index (χ4n) is 3.51. The van der Waals surface area contributed by atoms with Crippen molar-refractivity contribution in [1.29, 1.82) is 0 Å². The number of rotatable bonds is 6. The van der Waals surface area contributed by atoms with Crippen molar-refractivity contribution < 1.29 is 28.2 Å². The molecule has 0 fully saturated rings. The van der Waals surface area contributed by atoms with E-state index in [0.717, 1.165) is 22.3 Å². The standard InChI is InChI=1S/C23H24FNO5/c1-23(2,3)30-21(27)19(12-20(24)26)25-22(28)29-13-18-16-10-6-4-8-14(16)15-9-5-7-11-17(15)18/h4-11,18-19H,12-13H2,1-3H3,(H,25,28)/t19-/m0/s1. The van der Waals surface area contributed by atoms with Crippen LogP contribution in [0.25, 0.3) is 11.1 Å². The van der Waals surface area contributed by atoms with Crippen LogP contribution in [0.1, 0.15) is 44.2 Å². The number of benzene rings is 2. The van der Waals surface area contributed by atoms with E-state index >= 15 is 0 Å². The van der Waals surface area contributed by atoms with Crippen molar-refractivity contribution in [3.63, 3.8) is 0 Å². The lowest BCUT2D eigenvalue weighted by molar-refractivity contribution is -0.159. The number of nitrogens with one attached hydrogen (secondary N) is 1. The first-order chi connectivity index (χ1) is 14.2. The Bertz CT molecular complexity index is 921. The van der Waals surface area contributed by atoms with Crippen molar-refractivity contribution in [3.05, 3.63) is 59.7 Å². The zero-order valence-corrected chi connectivity index (χ0v) is 17.1. The van der Waals surface area contributed by atoms with E-state index in [1.807, 2.05) is 48.5 Å². The molecule has 1 amide bonds. The Balaban J connectivity index is 1.68. The molecule has 0 spiro atoms. The second-order valence-corrected chi connectivity index (χ2v) is 8.12. The Kier molecular flexibility index (Phi) is 6.20. The van der Waals surface area contributed by atoms with Crippen molar-refractivity contribution in [3.8, 4) is 11.1 Å². The van der Waals surface area contributed by atoms with Crippen molar-refractivity contribution in [2.24, 2.45) is 0 Å². The number of carbonyl (C=O) groups is 3. The van der Waals surface area contributed by atoms with Gasteiger partial charge in [0.05, 0.1) is 6.42 Å². The molecule has 2 aromatic rings. The number of esters is 1. The summed E-state index contributed by atoms with van der Waals surface area (Å²) in [5, 5.41) is 2.25. The van der Waals surface area contributed by atoms with Gasteiger partial charge in [0.25, 0.3) is 0 Å². The summed E-state index contributed by atoms with van der Waals surface area (Å²) in [6.45, 7) is 4.93. The summed E-state index contributed by atoms with van der Waals surface area (Å²) in [5.74, 6) is -1.06. The van der Waals surface area contributed by atoms with Crippen LogP contribution >= 0.6 is 0 Å². The molecule has 1 N–H and O–H groups in total. The second kappa shape index (κ2) is 8.65. The largest absolute Gasteiger partial charge is 0.458 e. The number of halogens is 1. The maximum Gasteiger partial charge on any atom is 0.407 e. The molecule has 158 valence electrons. The Hall–Kier alpha value is -3.22. The van der Waals surface area contributed by atoms with Crippen molar-refractivity contribution >= 4 is 18.1 Å². The van der Waals surface area contributed by atoms with E-state index in [2.05, 4.69) is 5.32 Å². The first kappa shape index (κ1) is 21.5. The number of carbonyl (C=O) groups excluding carboxylic acids is 3. The Morgan fingerprint density at radius 1 is 1.00 bits per heavy atom. The van der Waals surface area contributed by atoms with Gasteiger partial charge in [-0.3, -0.25) is 4.79 Å². The molecule has 30 heavy (non-hydrogen) atoms. The smallest absolute Gasteiger partial charge is 0.407 e. The molecule has 0 heterocycles. The van der Waals surface area contributed by atoms with Gasteiger partial charge in [0.15, 0.2) is 0 Å². The van der Waals surface area contributed by atoms with Crippen molar-refractivity contribution in [2.75, 3.05) is 6.61 Å². The molecule has 0 aromatic heterocycles. The summed E-state index contributed by atoms with van der Waals surface area (Å²) >= 11 is 0. The summed E-state index contributed by atoms with van der Waals surface area (Å²) in [6, 6.07) is 12.5. The van der Waals surface area contributed by atoms with E-state index in [4.69, 9.17) is 9.47 Å². The number of amides is 1. The first-order valence-corrected chi connectivity index (χ1v) is 9.68. The molecule has 1 aliphatic carbocycles. The molecule has 0 saturated heterocycles. The highest BCUT2D eigenvalue weighted by Crippen LogP contribution is 2.44. The summed E-state index contributed by atoms with van der Waals surface area (Å²) < 4.78 is 23.4. The molecule has 0 bridgehead atoms. The minimum absolute atomic E-state index is 0.0322. The number of hydrogen-bond donors (Lipinski definition) is 1. The highest BCUT2D eigenvalue weighted by molar-refractivity contribution is 5.86. The maximum absolute atomic E-state index is 12.9. The Morgan fingerprint density at radius 2 is 1.53 bits per heavy atom. The van der Waals surface area contributed by atoms with Crippen LogP contribution in [0, 0.1) is 0 Å². The molecular formula is C23H24FNO5. The zero-order chi connectivity index (χ0) is 21.9. The summed E-state index contributed by atoms with van der Waals surface area (Å²) in [4.78, 5) is 35.4. The molecule has 0 unspecified atom stereocenters. The van der Waals surface area contributed by atoms with E-state index in [9.17, 15) is 18.8 Å². The predicted molar refractivity (Wildman–Crippen MR) is 109 cm³/mol. The first-order valence-electron chi connectivity index (χ1n) is 9.68. The van der Waals surface area contributed by atoms with Gasteiger partial charge in [-0.05, 0) is 43.0 Å². The molecule has 3 rings (SSSR count). The second-order valence-electron chi connectivity index (χ2n) is 8.12. The molecule has 1 aliphatic rings. The highest BCUT2D eigenvalue weighted by atomic mass is 19.1. The lowest BCUT2D eigenvalue weighted by atomic mass is 9.98. The monoisotopic (exact) mass is 413 g/mol. The molecule has 0 saturated carbocycles. The third kappa shape index (κ3) is 5.03. The fourth-order valence-corrected chi connectivity index (χ4v) is 3.51. The van der Waals surface area contributed by atoms with E-state index in [-0.39, 0.29) is 12.5 Å². The summed E-state index contributed by atoms with van der Waals surface area (Å²) in [7, 11) is 0. The molecule has 0 radical (unpaired) electrons. The van der Waals surface area contributed by atoms with Gasteiger partial charge in [-0.1, -0.05) is 48.5 Å². The molecule has 7 heteroatoms. The van der Waals surface area contributed by atoms with Gasteiger partial charge in [0.1, 0.15) is 18.2 Å². The van der Waals surface area contributed by atoms with Crippen LogP contribution < -0.4 is 5.32 Å². The maximum atomic E-state index is 12.9. The third-order valence-corrected chi connectivity index (χ3v) is 4.69. The fraction of sp³-hybridized carbons (Fsp3) is 0.348. The molecule has 1 atom stereocenters. The van der Waals surface area contributed by atoms with Crippen LogP contribution in [0.2, 0.25) is 0 Å². The van der Waals surface area contributed by atoms with Gasteiger partial charge in [-0.25, -0.2) is 9.59 Å². The van der Waals surface area contributed by atoms with Gasteiger partial charge < -0.3 is 14.8 Å². The van der Waals surface area contributed by atoms with Gasteiger partial charge in [0.2, 0.25) is 0 Å². The number of alkyl carbamates (subject to hydrolysis) is 1. The Morgan fingerprint density at radius 3 is 2.03 bits per heavy atom. The van der Waals surface area contributed by atoms with Crippen LogP contribution in [-0.4, -0.2) is 36.3 Å². The van der Waals surface area contributed by atoms with Crippen molar-refractivity contribution in [2.45, 2.75) is 44.8 Å². The van der Waals surface area contributed by atoms with Crippen LogP contribution in [0.4, 0.5) is 9.18 Å². The molecule has 0 aliphatic heterocycles. The van der Waals surface area contributed by atoms with Gasteiger partial charge in [0, 0.05) is 5.92 Å². The summed E-state index contributed by atoms with van der Waals surface area (Å²) in [5.41, 5.74) is 3.38. The summed E-state index contributed by atoms with van der Waals surface area (Å²) in [6.07, 6.45) is -1.74.